The minimum Gasteiger partial charge on any atom is -0.444 e. The molecule has 0 saturated heterocycles. The number of hydrogen-bond donors (Lipinski definition) is 3. The summed E-state index contributed by atoms with van der Waals surface area (Å²) in [6, 6.07) is 12.9. The van der Waals surface area contributed by atoms with Crippen LogP contribution in [0.5, 0.6) is 0 Å². The third-order valence-corrected chi connectivity index (χ3v) is 5.94. The average molecular weight is 559 g/mol. The summed E-state index contributed by atoms with van der Waals surface area (Å²) in [4.78, 5) is 29.6. The van der Waals surface area contributed by atoms with Crippen LogP contribution in [0, 0.1) is 0 Å². The lowest BCUT2D eigenvalue weighted by atomic mass is 10.1. The third-order valence-electron chi connectivity index (χ3n) is 4.96. The Labute approximate surface area is 231 Å². The molecular formula is C26H31ClN6O4S. The lowest BCUT2D eigenvalue weighted by Crippen LogP contribution is -2.27. The van der Waals surface area contributed by atoms with Gasteiger partial charge in [0.25, 0.3) is 5.91 Å². The van der Waals surface area contributed by atoms with Gasteiger partial charge in [-0.3, -0.25) is 10.1 Å². The molecule has 202 valence electrons. The maximum atomic E-state index is 12.2. The highest BCUT2D eigenvalue weighted by atomic mass is 35.5. The molecule has 0 atom stereocenters. The first-order valence-corrected chi connectivity index (χ1v) is 13.4. The zero-order chi connectivity index (χ0) is 27.7. The molecule has 0 unspecified atom stereocenters. The molecule has 38 heavy (non-hydrogen) atoms. The number of benzene rings is 1. The molecular weight excluding hydrogens is 528 g/mol. The van der Waals surface area contributed by atoms with E-state index in [0.717, 1.165) is 16.1 Å². The van der Waals surface area contributed by atoms with E-state index in [1.54, 1.807) is 50.7 Å². The molecule has 0 fully saturated rings. The van der Waals surface area contributed by atoms with Crippen molar-refractivity contribution in [3.05, 3.63) is 64.6 Å². The van der Waals surface area contributed by atoms with Gasteiger partial charge >= 0.3 is 6.09 Å². The quantitative estimate of drug-likeness (QED) is 0.219. The van der Waals surface area contributed by atoms with E-state index in [1.165, 1.54) is 7.05 Å². The zero-order valence-corrected chi connectivity index (χ0v) is 23.5. The fourth-order valence-corrected chi connectivity index (χ4v) is 3.99. The summed E-state index contributed by atoms with van der Waals surface area (Å²) in [5, 5.41) is 16.4. The summed E-state index contributed by atoms with van der Waals surface area (Å²) in [5.41, 5.74) is 2.54. The van der Waals surface area contributed by atoms with Crippen LogP contribution in [0.15, 0.2) is 47.4 Å². The van der Waals surface area contributed by atoms with Gasteiger partial charge in [-0.2, -0.15) is 0 Å². The van der Waals surface area contributed by atoms with Gasteiger partial charge in [0.2, 0.25) is 0 Å². The van der Waals surface area contributed by atoms with Crippen molar-refractivity contribution in [3.8, 4) is 0 Å². The number of nitrogens with one attached hydrogen (secondary N) is 3. The van der Waals surface area contributed by atoms with E-state index in [9.17, 15) is 9.59 Å². The molecule has 0 aliphatic heterocycles. The van der Waals surface area contributed by atoms with Gasteiger partial charge in [0.05, 0.1) is 30.3 Å². The number of anilines is 3. The van der Waals surface area contributed by atoms with Crippen molar-refractivity contribution in [2.75, 3.05) is 30.5 Å². The maximum Gasteiger partial charge on any atom is 0.413 e. The minimum absolute atomic E-state index is 0.147. The van der Waals surface area contributed by atoms with E-state index in [0.29, 0.717) is 30.2 Å². The largest absolute Gasteiger partial charge is 0.444 e. The van der Waals surface area contributed by atoms with Crippen LogP contribution in [-0.2, 0) is 22.5 Å². The predicted molar refractivity (Wildman–Crippen MR) is 149 cm³/mol. The van der Waals surface area contributed by atoms with Crippen molar-refractivity contribution in [3.63, 3.8) is 0 Å². The SMILES string of the molecule is CNC(=O)c1nnc(Cl)cc1Nc1cc(CCOCc2cccc(NC(=O)OC(C)(C)C)n2)ccc1SC. The van der Waals surface area contributed by atoms with Gasteiger partial charge in [-0.05, 0) is 63.3 Å². The predicted octanol–water partition coefficient (Wildman–Crippen LogP) is 5.46. The van der Waals surface area contributed by atoms with Crippen molar-refractivity contribution < 1.29 is 19.1 Å². The summed E-state index contributed by atoms with van der Waals surface area (Å²) in [5.74, 6) is 0.0245. The molecule has 0 radical (unpaired) electrons. The summed E-state index contributed by atoms with van der Waals surface area (Å²) in [6.45, 7) is 6.13. The van der Waals surface area contributed by atoms with E-state index < -0.39 is 11.7 Å². The molecule has 3 rings (SSSR count). The van der Waals surface area contributed by atoms with Crippen LogP contribution in [-0.4, -0.2) is 52.7 Å². The Kier molecular flexibility index (Phi) is 10.3. The van der Waals surface area contributed by atoms with E-state index >= 15 is 0 Å². The molecule has 3 aromatic rings. The first-order valence-electron chi connectivity index (χ1n) is 11.8. The number of hydrogen-bond acceptors (Lipinski definition) is 9. The lowest BCUT2D eigenvalue weighted by Gasteiger charge is -2.19. The van der Waals surface area contributed by atoms with Crippen molar-refractivity contribution in [2.45, 2.75) is 44.3 Å². The second-order valence-electron chi connectivity index (χ2n) is 9.11. The molecule has 2 aromatic heterocycles. The van der Waals surface area contributed by atoms with Gasteiger partial charge in [-0.15, -0.1) is 22.0 Å². The van der Waals surface area contributed by atoms with Crippen LogP contribution in [0.2, 0.25) is 5.15 Å². The topological polar surface area (TPSA) is 127 Å². The highest BCUT2D eigenvalue weighted by Gasteiger charge is 2.17. The molecule has 0 aliphatic carbocycles. The Morgan fingerprint density at radius 1 is 1.08 bits per heavy atom. The Morgan fingerprint density at radius 3 is 2.58 bits per heavy atom. The van der Waals surface area contributed by atoms with Crippen molar-refractivity contribution >= 4 is 52.6 Å². The van der Waals surface area contributed by atoms with Crippen LogP contribution in [0.25, 0.3) is 0 Å². The van der Waals surface area contributed by atoms with Crippen LogP contribution in [0.1, 0.15) is 42.5 Å². The van der Waals surface area contributed by atoms with Gasteiger partial charge in [0, 0.05) is 18.0 Å². The van der Waals surface area contributed by atoms with Gasteiger partial charge in [-0.1, -0.05) is 23.7 Å². The van der Waals surface area contributed by atoms with Crippen LogP contribution in [0.3, 0.4) is 0 Å². The molecule has 10 nitrogen and oxygen atoms in total. The maximum absolute atomic E-state index is 12.2. The average Bonchev–Trinajstić information content (AvgIpc) is 2.85. The Bertz CT molecular complexity index is 1280. The number of carbonyl (C=O) groups excluding carboxylic acids is 2. The first kappa shape index (κ1) is 29.2. The zero-order valence-electron chi connectivity index (χ0n) is 21.9. The number of nitrogens with zero attached hydrogens (tertiary/aromatic N) is 3. The molecule has 12 heteroatoms. The fourth-order valence-electron chi connectivity index (χ4n) is 3.31. The monoisotopic (exact) mass is 558 g/mol. The Balaban J connectivity index is 1.61. The second kappa shape index (κ2) is 13.4. The highest BCUT2D eigenvalue weighted by Crippen LogP contribution is 2.31. The molecule has 0 spiro atoms. The van der Waals surface area contributed by atoms with Crippen molar-refractivity contribution in [2.24, 2.45) is 0 Å². The lowest BCUT2D eigenvalue weighted by molar-refractivity contribution is 0.0634. The number of pyridine rings is 1. The normalized spacial score (nSPS) is 11.1. The Morgan fingerprint density at radius 2 is 1.87 bits per heavy atom. The summed E-state index contributed by atoms with van der Waals surface area (Å²) >= 11 is 7.60. The van der Waals surface area contributed by atoms with Gasteiger partial charge in [-0.25, -0.2) is 9.78 Å². The van der Waals surface area contributed by atoms with E-state index in [-0.39, 0.29) is 23.4 Å². The molecule has 2 heterocycles. The number of halogens is 1. The fraction of sp³-hybridized carbons (Fsp3) is 0.346. The first-order chi connectivity index (χ1) is 18.1. The van der Waals surface area contributed by atoms with Crippen molar-refractivity contribution in [1.29, 1.82) is 0 Å². The molecule has 2 amide bonds. The van der Waals surface area contributed by atoms with Crippen molar-refractivity contribution in [1.82, 2.24) is 20.5 Å². The van der Waals surface area contributed by atoms with Gasteiger partial charge in [0.15, 0.2) is 10.8 Å². The molecule has 0 saturated carbocycles. The number of rotatable bonds is 10. The van der Waals surface area contributed by atoms with E-state index in [4.69, 9.17) is 21.1 Å². The Hall–Kier alpha value is -3.41. The van der Waals surface area contributed by atoms with Gasteiger partial charge < -0.3 is 20.1 Å². The summed E-state index contributed by atoms with van der Waals surface area (Å²) < 4.78 is 11.1. The summed E-state index contributed by atoms with van der Waals surface area (Å²) in [6.07, 6.45) is 2.06. The number of amides is 2. The summed E-state index contributed by atoms with van der Waals surface area (Å²) in [7, 11) is 1.53. The second-order valence-corrected chi connectivity index (χ2v) is 10.3. The number of carbonyl (C=O) groups is 2. The third kappa shape index (κ3) is 8.86. The minimum atomic E-state index is -0.594. The molecule has 0 aliphatic rings. The molecule has 3 N–H and O–H groups in total. The van der Waals surface area contributed by atoms with E-state index in [1.807, 2.05) is 30.5 Å². The molecule has 1 aromatic carbocycles. The van der Waals surface area contributed by atoms with Crippen LogP contribution < -0.4 is 16.0 Å². The standard InChI is InChI=1S/C26H31ClN6O4S/c1-26(2,3)37-25(35)31-22-8-6-7-17(29-22)15-36-12-11-16-9-10-20(38-5)18(13-16)30-19-14-21(27)32-33-23(19)24(34)28-4/h6-10,13-14H,11-12,15H2,1-5H3,(H,28,34)(H,30,32)(H,29,31,35). The smallest absolute Gasteiger partial charge is 0.413 e. The number of ether oxygens (including phenoxy) is 2. The number of thioether (sulfide) groups is 1. The van der Waals surface area contributed by atoms with Crippen LogP contribution in [0.4, 0.5) is 22.0 Å². The number of aromatic nitrogens is 3. The van der Waals surface area contributed by atoms with E-state index in [2.05, 4.69) is 31.1 Å². The molecule has 0 bridgehead atoms. The van der Waals surface area contributed by atoms with Gasteiger partial charge in [0.1, 0.15) is 11.4 Å². The van der Waals surface area contributed by atoms with Crippen LogP contribution >= 0.6 is 23.4 Å². The highest BCUT2D eigenvalue weighted by molar-refractivity contribution is 7.98.